The fraction of sp³-hybridized carbons (Fsp3) is 0.364. The molecule has 1 aliphatic rings. The number of nitrogens with zero attached hydrogens (tertiary/aromatic N) is 1. The number of benzene rings is 3. The third-order valence-corrected chi connectivity index (χ3v) is 6.83. The molecule has 190 valence electrons. The van der Waals surface area contributed by atoms with Gasteiger partial charge in [-0.25, -0.2) is 0 Å². The Morgan fingerprint density at radius 2 is 1.28 bits per heavy atom. The highest BCUT2D eigenvalue weighted by atomic mass is 35.5. The second-order valence-electron chi connectivity index (χ2n) is 11.0. The molecule has 3 heteroatoms. The Morgan fingerprint density at radius 1 is 0.750 bits per heavy atom. The van der Waals surface area contributed by atoms with Crippen LogP contribution >= 0.6 is 12.4 Å². The van der Waals surface area contributed by atoms with E-state index < -0.39 is 0 Å². The smallest absolute Gasteiger partial charge is 0.162 e. The molecule has 4 rings (SSSR count). The van der Waals surface area contributed by atoms with Crippen molar-refractivity contribution in [3.8, 4) is 0 Å². The fourth-order valence-electron chi connectivity index (χ4n) is 5.11. The lowest BCUT2D eigenvalue weighted by Crippen LogP contribution is -2.32. The van der Waals surface area contributed by atoms with Crippen LogP contribution in [-0.4, -0.2) is 30.3 Å². The average molecular weight is 502 g/mol. The van der Waals surface area contributed by atoms with Crippen LogP contribution in [0.25, 0.3) is 5.57 Å². The topological polar surface area (TPSA) is 20.3 Å². The van der Waals surface area contributed by atoms with E-state index in [1.165, 1.54) is 22.3 Å². The number of likely N-dealkylation sites (tertiary alicyclic amines) is 1. The molecule has 1 saturated heterocycles. The maximum absolute atomic E-state index is 12.7. The minimum absolute atomic E-state index is 0. The van der Waals surface area contributed by atoms with Crippen molar-refractivity contribution in [1.82, 2.24) is 4.90 Å². The van der Waals surface area contributed by atoms with Crippen molar-refractivity contribution in [2.45, 2.75) is 52.9 Å². The number of carbonyl (C=O) groups excluding carboxylic acids is 1. The molecule has 0 amide bonds. The standard InChI is InChI=1S/C33H39NO.ClH/c1-33(2,3)25-26-16-18-27(19-17-26)31(35)15-10-22-34-23-20-30(21-24-34)32(28-11-6-4-7-12-28)29-13-8-5-9-14-29;/h4-9,11-14,16-19H,10,15,20-25H2,1-3H3;1H. The summed E-state index contributed by atoms with van der Waals surface area (Å²) in [5.74, 6) is 0.264. The molecule has 2 nitrogen and oxygen atoms in total. The van der Waals surface area contributed by atoms with Crippen LogP contribution in [0.15, 0.2) is 90.5 Å². The van der Waals surface area contributed by atoms with E-state index in [0.717, 1.165) is 50.9 Å². The second-order valence-corrected chi connectivity index (χ2v) is 11.0. The van der Waals surface area contributed by atoms with Gasteiger partial charge in [0.05, 0.1) is 0 Å². The molecule has 36 heavy (non-hydrogen) atoms. The molecule has 1 aliphatic heterocycles. The van der Waals surface area contributed by atoms with Gasteiger partial charge in [0.2, 0.25) is 0 Å². The van der Waals surface area contributed by atoms with Crippen molar-refractivity contribution < 1.29 is 4.79 Å². The molecule has 0 aliphatic carbocycles. The summed E-state index contributed by atoms with van der Waals surface area (Å²) < 4.78 is 0. The van der Waals surface area contributed by atoms with Gasteiger partial charge >= 0.3 is 0 Å². The van der Waals surface area contributed by atoms with E-state index in [1.807, 2.05) is 12.1 Å². The van der Waals surface area contributed by atoms with Gasteiger partial charge in [0.15, 0.2) is 5.78 Å². The second kappa shape index (κ2) is 13.0. The Morgan fingerprint density at radius 3 is 1.78 bits per heavy atom. The first-order chi connectivity index (χ1) is 16.9. The fourth-order valence-corrected chi connectivity index (χ4v) is 5.11. The predicted molar refractivity (Wildman–Crippen MR) is 155 cm³/mol. The summed E-state index contributed by atoms with van der Waals surface area (Å²) in [5, 5.41) is 0. The maximum atomic E-state index is 12.7. The summed E-state index contributed by atoms with van der Waals surface area (Å²) in [6.07, 6.45) is 4.75. The number of Topliss-reactive ketones (excluding diaryl/α,β-unsaturated/α-hetero) is 1. The van der Waals surface area contributed by atoms with Crippen LogP contribution in [0, 0.1) is 5.41 Å². The van der Waals surface area contributed by atoms with Gasteiger partial charge < -0.3 is 4.90 Å². The SMILES string of the molecule is CC(C)(C)Cc1ccc(C(=O)CCCN2CCC(=C(c3ccccc3)c3ccccc3)CC2)cc1.Cl. The van der Waals surface area contributed by atoms with Crippen molar-refractivity contribution in [1.29, 1.82) is 0 Å². The lowest BCUT2D eigenvalue weighted by atomic mass is 9.87. The van der Waals surface area contributed by atoms with Gasteiger partial charge in [-0.05, 0) is 59.9 Å². The Labute approximate surface area is 223 Å². The molecule has 0 radical (unpaired) electrons. The zero-order valence-corrected chi connectivity index (χ0v) is 22.8. The van der Waals surface area contributed by atoms with Crippen molar-refractivity contribution in [2.75, 3.05) is 19.6 Å². The third-order valence-electron chi connectivity index (χ3n) is 6.83. The Balaban J connectivity index is 0.00000361. The summed E-state index contributed by atoms with van der Waals surface area (Å²) in [6.45, 7) is 9.86. The summed E-state index contributed by atoms with van der Waals surface area (Å²) in [4.78, 5) is 15.2. The molecule has 0 spiro atoms. The molecule has 3 aromatic rings. The molecule has 3 aromatic carbocycles. The molecular formula is C33H40ClNO. The molecule has 0 bridgehead atoms. The van der Waals surface area contributed by atoms with E-state index in [4.69, 9.17) is 0 Å². The van der Waals surface area contributed by atoms with Gasteiger partial charge in [-0.1, -0.05) is 111 Å². The lowest BCUT2D eigenvalue weighted by Gasteiger charge is -2.30. The highest BCUT2D eigenvalue weighted by molar-refractivity contribution is 5.96. The minimum Gasteiger partial charge on any atom is -0.303 e. The van der Waals surface area contributed by atoms with Gasteiger partial charge in [0.1, 0.15) is 0 Å². The molecule has 1 fully saturated rings. The summed E-state index contributed by atoms with van der Waals surface area (Å²) in [6, 6.07) is 29.8. The quantitative estimate of drug-likeness (QED) is 0.289. The van der Waals surface area contributed by atoms with Crippen LogP contribution in [0.5, 0.6) is 0 Å². The summed E-state index contributed by atoms with van der Waals surface area (Å²) in [7, 11) is 0. The van der Waals surface area contributed by atoms with E-state index in [9.17, 15) is 4.79 Å². The number of ketones is 1. The normalized spacial score (nSPS) is 14.2. The van der Waals surface area contributed by atoms with E-state index in [-0.39, 0.29) is 23.6 Å². The Bertz CT molecular complexity index is 1080. The van der Waals surface area contributed by atoms with Gasteiger partial charge in [0, 0.05) is 25.1 Å². The van der Waals surface area contributed by atoms with Crippen LogP contribution < -0.4 is 0 Å². The number of carbonyl (C=O) groups is 1. The molecule has 1 heterocycles. The van der Waals surface area contributed by atoms with Gasteiger partial charge in [0.25, 0.3) is 0 Å². The van der Waals surface area contributed by atoms with Gasteiger partial charge in [-0.3, -0.25) is 4.79 Å². The molecule has 0 aromatic heterocycles. The largest absolute Gasteiger partial charge is 0.303 e. The van der Waals surface area contributed by atoms with E-state index in [0.29, 0.717) is 6.42 Å². The average Bonchev–Trinajstić information content (AvgIpc) is 2.86. The van der Waals surface area contributed by atoms with Crippen LogP contribution in [0.3, 0.4) is 0 Å². The molecular weight excluding hydrogens is 462 g/mol. The maximum Gasteiger partial charge on any atom is 0.162 e. The number of rotatable bonds is 8. The van der Waals surface area contributed by atoms with Crippen LogP contribution in [0.4, 0.5) is 0 Å². The van der Waals surface area contributed by atoms with E-state index in [1.54, 1.807) is 5.57 Å². The predicted octanol–water partition coefficient (Wildman–Crippen LogP) is 8.26. The van der Waals surface area contributed by atoms with Crippen molar-refractivity contribution in [3.05, 3.63) is 113 Å². The highest BCUT2D eigenvalue weighted by Gasteiger charge is 2.19. The third kappa shape index (κ3) is 7.91. The van der Waals surface area contributed by atoms with Crippen molar-refractivity contribution >= 4 is 23.8 Å². The number of piperidine rings is 1. The molecule has 0 atom stereocenters. The number of hydrogen-bond acceptors (Lipinski definition) is 2. The monoisotopic (exact) mass is 501 g/mol. The lowest BCUT2D eigenvalue weighted by molar-refractivity contribution is 0.0974. The summed E-state index contributed by atoms with van der Waals surface area (Å²) >= 11 is 0. The number of halogens is 1. The summed E-state index contributed by atoms with van der Waals surface area (Å²) in [5.41, 5.74) is 7.97. The van der Waals surface area contributed by atoms with Crippen molar-refractivity contribution in [3.63, 3.8) is 0 Å². The first-order valence-corrected chi connectivity index (χ1v) is 13.1. The van der Waals surface area contributed by atoms with Crippen LogP contribution in [-0.2, 0) is 6.42 Å². The van der Waals surface area contributed by atoms with E-state index >= 15 is 0 Å². The molecule has 0 saturated carbocycles. The zero-order chi connectivity index (χ0) is 24.7. The van der Waals surface area contributed by atoms with Crippen molar-refractivity contribution in [2.24, 2.45) is 5.41 Å². The van der Waals surface area contributed by atoms with Crippen LogP contribution in [0.1, 0.15) is 73.5 Å². The first-order valence-electron chi connectivity index (χ1n) is 13.1. The minimum atomic E-state index is 0. The Hall–Kier alpha value is -2.68. The van der Waals surface area contributed by atoms with E-state index in [2.05, 4.69) is 98.5 Å². The molecule has 0 N–H and O–H groups in total. The Kier molecular flexibility index (Phi) is 10.1. The zero-order valence-electron chi connectivity index (χ0n) is 22.0. The highest BCUT2D eigenvalue weighted by Crippen LogP contribution is 2.32. The van der Waals surface area contributed by atoms with Gasteiger partial charge in [-0.15, -0.1) is 12.4 Å². The van der Waals surface area contributed by atoms with Crippen LogP contribution in [0.2, 0.25) is 0 Å². The first kappa shape index (κ1) is 27.9. The number of hydrogen-bond donors (Lipinski definition) is 0. The molecule has 0 unspecified atom stereocenters. The van der Waals surface area contributed by atoms with Gasteiger partial charge in [-0.2, -0.15) is 0 Å².